The molecule has 7 nitrogen and oxygen atoms in total. The van der Waals surface area contributed by atoms with Crippen molar-refractivity contribution in [3.8, 4) is 0 Å². The molecule has 2 aliphatic rings. The Hall–Kier alpha value is -2.25. The van der Waals surface area contributed by atoms with Crippen LogP contribution in [-0.2, 0) is 4.74 Å². The second kappa shape index (κ2) is 8.19. The molecule has 3 heterocycles. The van der Waals surface area contributed by atoms with Crippen LogP contribution < -0.4 is 10.6 Å². The van der Waals surface area contributed by atoms with Crippen LogP contribution >= 0.6 is 0 Å². The number of carbonyl (C=O) groups excluding carboxylic acids is 1. The molecular formula is C20H27N5O2. The quantitative estimate of drug-likeness (QED) is 0.863. The van der Waals surface area contributed by atoms with Gasteiger partial charge in [-0.1, -0.05) is 35.0 Å². The van der Waals surface area contributed by atoms with E-state index in [4.69, 9.17) is 4.74 Å². The largest absolute Gasteiger partial charge is 0.371 e. The van der Waals surface area contributed by atoms with E-state index in [9.17, 15) is 4.79 Å². The average molecular weight is 369 g/mol. The van der Waals surface area contributed by atoms with Crippen LogP contribution in [0.5, 0.6) is 0 Å². The highest BCUT2D eigenvalue weighted by Gasteiger charge is 2.30. The first-order valence-corrected chi connectivity index (χ1v) is 9.82. The number of rotatable bonds is 4. The first-order chi connectivity index (χ1) is 13.2. The van der Waals surface area contributed by atoms with Crippen LogP contribution in [0.3, 0.4) is 0 Å². The molecule has 0 saturated carbocycles. The second-order valence-corrected chi connectivity index (χ2v) is 7.49. The van der Waals surface area contributed by atoms with Gasteiger partial charge in [-0.3, -0.25) is 4.79 Å². The summed E-state index contributed by atoms with van der Waals surface area (Å²) >= 11 is 0. The molecule has 1 aromatic heterocycles. The minimum Gasteiger partial charge on any atom is -0.371 e. The Morgan fingerprint density at radius 1 is 1.22 bits per heavy atom. The summed E-state index contributed by atoms with van der Waals surface area (Å²) in [7, 11) is 0. The van der Waals surface area contributed by atoms with Crippen molar-refractivity contribution < 1.29 is 9.53 Å². The Balaban J connectivity index is 1.44. The third-order valence-electron chi connectivity index (χ3n) is 5.47. The molecule has 0 spiro atoms. The maximum atomic E-state index is 12.7. The highest BCUT2D eigenvalue weighted by Crippen LogP contribution is 2.29. The molecule has 2 fully saturated rings. The number of benzene rings is 1. The zero-order valence-electron chi connectivity index (χ0n) is 15.7. The third-order valence-corrected chi connectivity index (χ3v) is 5.47. The van der Waals surface area contributed by atoms with Crippen molar-refractivity contribution in [2.45, 2.75) is 50.8 Å². The molecule has 4 rings (SSSR count). The van der Waals surface area contributed by atoms with Crippen molar-refractivity contribution in [2.24, 2.45) is 0 Å². The predicted octanol–water partition coefficient (Wildman–Crippen LogP) is 2.16. The van der Waals surface area contributed by atoms with Crippen molar-refractivity contribution in [3.05, 3.63) is 47.3 Å². The fraction of sp³-hybridized carbons (Fsp3) is 0.550. The van der Waals surface area contributed by atoms with Gasteiger partial charge in [0.1, 0.15) is 6.10 Å². The molecule has 7 heteroatoms. The number of hydrogen-bond donors (Lipinski definition) is 2. The van der Waals surface area contributed by atoms with Gasteiger partial charge in [0.2, 0.25) is 0 Å². The zero-order chi connectivity index (χ0) is 18.6. The molecule has 0 bridgehead atoms. The minimum absolute atomic E-state index is 0.0574. The summed E-state index contributed by atoms with van der Waals surface area (Å²) in [6.45, 7) is 4.74. The van der Waals surface area contributed by atoms with Gasteiger partial charge < -0.3 is 15.4 Å². The molecule has 2 atom stereocenters. The van der Waals surface area contributed by atoms with Crippen LogP contribution in [0.15, 0.2) is 30.5 Å². The van der Waals surface area contributed by atoms with E-state index in [1.54, 1.807) is 6.20 Å². The second-order valence-electron chi connectivity index (χ2n) is 7.49. The molecule has 27 heavy (non-hydrogen) atoms. The minimum atomic E-state index is -0.178. The number of piperidine rings is 1. The van der Waals surface area contributed by atoms with Gasteiger partial charge in [0.05, 0.1) is 18.3 Å². The van der Waals surface area contributed by atoms with Crippen LogP contribution in [0, 0.1) is 6.92 Å². The predicted molar refractivity (Wildman–Crippen MR) is 102 cm³/mol. The summed E-state index contributed by atoms with van der Waals surface area (Å²) in [4.78, 5) is 12.7. The summed E-state index contributed by atoms with van der Waals surface area (Å²) in [6.07, 6.45) is 5.51. The van der Waals surface area contributed by atoms with E-state index >= 15 is 0 Å². The van der Waals surface area contributed by atoms with Gasteiger partial charge in [-0.2, -0.15) is 0 Å². The van der Waals surface area contributed by atoms with E-state index in [1.165, 1.54) is 5.56 Å². The van der Waals surface area contributed by atoms with Crippen molar-refractivity contribution in [1.29, 1.82) is 0 Å². The molecule has 1 amide bonds. The molecule has 2 aliphatic heterocycles. The Labute approximate surface area is 159 Å². The van der Waals surface area contributed by atoms with Crippen molar-refractivity contribution in [3.63, 3.8) is 0 Å². The lowest BCUT2D eigenvalue weighted by Crippen LogP contribution is -2.42. The summed E-state index contributed by atoms with van der Waals surface area (Å²) < 4.78 is 7.83. The number of hydrogen-bond acceptors (Lipinski definition) is 5. The summed E-state index contributed by atoms with van der Waals surface area (Å²) in [5.41, 5.74) is 2.69. The number of carbonyl (C=O) groups is 1. The number of amides is 1. The standard InChI is InChI=1S/C20H27N5O2/c1-14-4-6-15(7-5-14)19-17(3-2-12-27-19)22-20(26)18-13-25(24-23-18)16-8-10-21-11-9-16/h4-7,13,16-17,19,21H,2-3,8-12H2,1H3,(H,22,26). The van der Waals surface area contributed by atoms with Gasteiger partial charge in [0.15, 0.2) is 5.69 Å². The Bertz CT molecular complexity index is 767. The first kappa shape index (κ1) is 18.1. The van der Waals surface area contributed by atoms with Gasteiger partial charge >= 0.3 is 0 Å². The zero-order valence-corrected chi connectivity index (χ0v) is 15.7. The Kier molecular flexibility index (Phi) is 5.50. The molecule has 144 valence electrons. The number of nitrogens with zero attached hydrogens (tertiary/aromatic N) is 3. The maximum absolute atomic E-state index is 12.7. The molecule has 2 saturated heterocycles. The molecule has 2 N–H and O–H groups in total. The van der Waals surface area contributed by atoms with Crippen LogP contribution in [0.4, 0.5) is 0 Å². The molecule has 0 aliphatic carbocycles. The SMILES string of the molecule is Cc1ccc(C2OCCCC2NC(=O)c2cn(C3CCNCC3)nn2)cc1. The molecule has 2 unspecified atom stereocenters. The van der Waals surface area contributed by atoms with Crippen molar-refractivity contribution in [1.82, 2.24) is 25.6 Å². The molecule has 1 aromatic carbocycles. The van der Waals surface area contributed by atoms with E-state index in [0.29, 0.717) is 11.7 Å². The van der Waals surface area contributed by atoms with Gasteiger partial charge in [-0.15, -0.1) is 5.10 Å². The fourth-order valence-corrected chi connectivity index (χ4v) is 3.89. The van der Waals surface area contributed by atoms with Gasteiger partial charge in [0.25, 0.3) is 5.91 Å². The van der Waals surface area contributed by atoms with E-state index < -0.39 is 0 Å². The monoisotopic (exact) mass is 369 g/mol. The van der Waals surface area contributed by atoms with E-state index in [0.717, 1.165) is 50.9 Å². The highest BCUT2D eigenvalue weighted by atomic mass is 16.5. The first-order valence-electron chi connectivity index (χ1n) is 9.82. The Morgan fingerprint density at radius 3 is 2.78 bits per heavy atom. The van der Waals surface area contributed by atoms with E-state index in [1.807, 2.05) is 4.68 Å². The van der Waals surface area contributed by atoms with Gasteiger partial charge in [-0.25, -0.2) is 4.68 Å². The van der Waals surface area contributed by atoms with E-state index in [-0.39, 0.29) is 18.1 Å². The van der Waals surface area contributed by atoms with E-state index in [2.05, 4.69) is 52.1 Å². The summed E-state index contributed by atoms with van der Waals surface area (Å²) in [5, 5.41) is 14.8. The van der Waals surface area contributed by atoms with Crippen molar-refractivity contribution in [2.75, 3.05) is 19.7 Å². The number of aryl methyl sites for hydroxylation is 1. The lowest BCUT2D eigenvalue weighted by molar-refractivity contribution is -0.00951. The number of nitrogens with one attached hydrogen (secondary N) is 2. The molecule has 0 radical (unpaired) electrons. The van der Waals surface area contributed by atoms with Crippen molar-refractivity contribution >= 4 is 5.91 Å². The van der Waals surface area contributed by atoms with Gasteiger partial charge in [0, 0.05) is 6.61 Å². The smallest absolute Gasteiger partial charge is 0.273 e. The van der Waals surface area contributed by atoms with Gasteiger partial charge in [-0.05, 0) is 51.3 Å². The number of ether oxygens (including phenoxy) is 1. The fourth-order valence-electron chi connectivity index (χ4n) is 3.89. The summed E-state index contributed by atoms with van der Waals surface area (Å²) in [6, 6.07) is 8.58. The molecule has 2 aromatic rings. The van der Waals surface area contributed by atoms with Crippen LogP contribution in [0.1, 0.15) is 59.4 Å². The number of aromatic nitrogens is 3. The molecular weight excluding hydrogens is 342 g/mol. The normalized spacial score (nSPS) is 23.9. The van der Waals surface area contributed by atoms with Crippen LogP contribution in [-0.4, -0.2) is 46.6 Å². The third kappa shape index (κ3) is 4.20. The topological polar surface area (TPSA) is 81.1 Å². The lowest BCUT2D eigenvalue weighted by atomic mass is 9.95. The average Bonchev–Trinajstić information content (AvgIpc) is 3.20. The summed E-state index contributed by atoms with van der Waals surface area (Å²) in [5.74, 6) is -0.178. The van der Waals surface area contributed by atoms with Crippen LogP contribution in [0.2, 0.25) is 0 Å². The Morgan fingerprint density at radius 2 is 2.00 bits per heavy atom. The highest BCUT2D eigenvalue weighted by molar-refractivity contribution is 5.92. The lowest BCUT2D eigenvalue weighted by Gasteiger charge is -2.32. The van der Waals surface area contributed by atoms with Crippen LogP contribution in [0.25, 0.3) is 0 Å². The maximum Gasteiger partial charge on any atom is 0.273 e.